The molecule has 0 unspecified atom stereocenters. The Bertz CT molecular complexity index is 1150. The number of carbonyl (C=O) groups is 3. The first-order chi connectivity index (χ1) is 14.2. The lowest BCUT2D eigenvalue weighted by Crippen LogP contribution is -2.58. The lowest BCUT2D eigenvalue weighted by molar-refractivity contribution is -0.384. The Morgan fingerprint density at radius 3 is 2.37 bits per heavy atom. The number of carbonyl (C=O) groups excluding carboxylic acids is 3. The fraction of sp³-hybridized carbons (Fsp3) is 0.316. The molecule has 1 saturated heterocycles. The van der Waals surface area contributed by atoms with Gasteiger partial charge in [-0.15, -0.1) is 0 Å². The molecule has 2 aromatic rings. The quantitative estimate of drug-likeness (QED) is 0.309. The number of ketones is 1. The van der Waals surface area contributed by atoms with Crippen LogP contribution in [0.5, 0.6) is 0 Å². The van der Waals surface area contributed by atoms with Crippen LogP contribution in [0.25, 0.3) is 0 Å². The normalized spacial score (nSPS) is 24.6. The number of nitrogens with zero attached hydrogens (tertiary/aromatic N) is 2. The van der Waals surface area contributed by atoms with E-state index in [2.05, 4.69) is 0 Å². The number of rotatable bonds is 4. The first-order valence-electron chi connectivity index (χ1n) is 9.13. The predicted molar refractivity (Wildman–Crippen MR) is 99.5 cm³/mol. The number of imide groups is 1. The molecular weight excluding hydrogens is 416 g/mol. The monoisotopic (exact) mass is 432 g/mol. The predicted octanol–water partition coefficient (Wildman–Crippen LogP) is 2.16. The van der Waals surface area contributed by atoms with E-state index in [1.165, 1.54) is 6.26 Å². The number of nitro benzene ring substituents is 1. The van der Waals surface area contributed by atoms with Gasteiger partial charge in [0.15, 0.2) is 0 Å². The van der Waals surface area contributed by atoms with Crippen molar-refractivity contribution < 1.29 is 32.1 Å². The summed E-state index contributed by atoms with van der Waals surface area (Å²) in [6, 6.07) is 6.96. The zero-order chi connectivity index (χ0) is 21.7. The van der Waals surface area contributed by atoms with E-state index in [1.54, 1.807) is 12.1 Å². The average Bonchev–Trinajstić information content (AvgIpc) is 3.36. The van der Waals surface area contributed by atoms with Crippen LogP contribution in [-0.2, 0) is 24.4 Å². The summed E-state index contributed by atoms with van der Waals surface area (Å²) in [5.41, 5.74) is -2.04. The zero-order valence-corrected chi connectivity index (χ0v) is 16.3. The SMILES string of the molecule is O=C1C[C@@H](c2ccco2)[C@]2(CCCC2=O)C(=O)N1S(=O)(=O)c1ccc([N+](=O)[O-])cc1. The van der Waals surface area contributed by atoms with Gasteiger partial charge in [-0.25, -0.2) is 8.42 Å². The van der Waals surface area contributed by atoms with Crippen LogP contribution in [0.2, 0.25) is 0 Å². The van der Waals surface area contributed by atoms with Gasteiger partial charge >= 0.3 is 0 Å². The van der Waals surface area contributed by atoms with Crippen molar-refractivity contribution in [3.05, 3.63) is 58.5 Å². The first-order valence-corrected chi connectivity index (χ1v) is 10.6. The average molecular weight is 432 g/mol. The largest absolute Gasteiger partial charge is 0.469 e. The molecule has 2 aliphatic rings. The smallest absolute Gasteiger partial charge is 0.273 e. The maximum Gasteiger partial charge on any atom is 0.273 e. The Morgan fingerprint density at radius 1 is 1.13 bits per heavy atom. The van der Waals surface area contributed by atoms with Crippen LogP contribution in [0.15, 0.2) is 52.0 Å². The number of nitro groups is 1. The number of benzene rings is 1. The van der Waals surface area contributed by atoms with E-state index in [9.17, 15) is 32.9 Å². The van der Waals surface area contributed by atoms with Crippen molar-refractivity contribution in [2.45, 2.75) is 36.5 Å². The van der Waals surface area contributed by atoms with Gasteiger partial charge in [0.25, 0.3) is 21.6 Å². The Kier molecular flexibility index (Phi) is 4.57. The van der Waals surface area contributed by atoms with Crippen molar-refractivity contribution >= 4 is 33.3 Å². The summed E-state index contributed by atoms with van der Waals surface area (Å²) in [6.07, 6.45) is 1.56. The highest BCUT2D eigenvalue weighted by Crippen LogP contribution is 2.53. The van der Waals surface area contributed by atoms with Crippen molar-refractivity contribution in [2.75, 3.05) is 0 Å². The molecule has 156 valence electrons. The van der Waals surface area contributed by atoms with Gasteiger partial charge < -0.3 is 4.42 Å². The second-order valence-electron chi connectivity index (χ2n) is 7.24. The maximum absolute atomic E-state index is 13.4. The minimum atomic E-state index is -4.65. The van der Waals surface area contributed by atoms with Gasteiger partial charge in [-0.05, 0) is 37.1 Å². The zero-order valence-electron chi connectivity index (χ0n) is 15.5. The second-order valence-corrected chi connectivity index (χ2v) is 9.03. The molecule has 2 fully saturated rings. The highest BCUT2D eigenvalue weighted by atomic mass is 32.2. The molecular formula is C19H16N2O8S. The van der Waals surface area contributed by atoms with E-state index < -0.39 is 55.2 Å². The number of hydrogen-bond acceptors (Lipinski definition) is 8. The summed E-state index contributed by atoms with van der Waals surface area (Å²) in [7, 11) is -4.65. The van der Waals surface area contributed by atoms with E-state index in [-0.39, 0.29) is 28.6 Å². The number of non-ortho nitro benzene ring substituents is 1. The Balaban J connectivity index is 1.80. The number of sulfonamides is 1. The molecule has 0 radical (unpaired) electrons. The van der Waals surface area contributed by atoms with Crippen molar-refractivity contribution in [1.82, 2.24) is 4.31 Å². The molecule has 0 N–H and O–H groups in total. The van der Waals surface area contributed by atoms with E-state index in [1.807, 2.05) is 0 Å². The van der Waals surface area contributed by atoms with Gasteiger partial charge in [-0.3, -0.25) is 24.5 Å². The topological polar surface area (TPSA) is 145 Å². The fourth-order valence-corrected chi connectivity index (χ4v) is 5.70. The van der Waals surface area contributed by atoms with Gasteiger partial charge in [0.1, 0.15) is 17.0 Å². The Labute approximate surface area is 170 Å². The van der Waals surface area contributed by atoms with Crippen LogP contribution in [0, 0.1) is 15.5 Å². The highest BCUT2D eigenvalue weighted by Gasteiger charge is 2.63. The molecule has 0 bridgehead atoms. The van der Waals surface area contributed by atoms with Gasteiger partial charge in [-0.1, -0.05) is 0 Å². The molecule has 2 amide bonds. The maximum atomic E-state index is 13.4. The lowest BCUT2D eigenvalue weighted by Gasteiger charge is -2.41. The van der Waals surface area contributed by atoms with Crippen molar-refractivity contribution in [2.24, 2.45) is 5.41 Å². The number of Topliss-reactive ketones (excluding diaryl/α,β-unsaturated/α-hetero) is 1. The summed E-state index contributed by atoms with van der Waals surface area (Å²) >= 11 is 0. The van der Waals surface area contributed by atoms with Gasteiger partial charge in [0.2, 0.25) is 5.91 Å². The van der Waals surface area contributed by atoms with E-state index >= 15 is 0 Å². The van der Waals surface area contributed by atoms with Crippen molar-refractivity contribution in [3.63, 3.8) is 0 Å². The third-order valence-electron chi connectivity index (χ3n) is 5.71. The summed E-state index contributed by atoms with van der Waals surface area (Å²) < 4.78 is 31.7. The Morgan fingerprint density at radius 2 is 1.83 bits per heavy atom. The molecule has 10 nitrogen and oxygen atoms in total. The highest BCUT2D eigenvalue weighted by molar-refractivity contribution is 7.90. The number of piperidine rings is 1. The molecule has 1 saturated carbocycles. The van der Waals surface area contributed by atoms with Crippen LogP contribution < -0.4 is 0 Å². The van der Waals surface area contributed by atoms with Gasteiger partial charge in [0.05, 0.1) is 16.1 Å². The molecule has 1 aliphatic heterocycles. The molecule has 4 rings (SSSR count). The van der Waals surface area contributed by atoms with Crippen LogP contribution in [-0.4, -0.2) is 35.2 Å². The summed E-state index contributed by atoms with van der Waals surface area (Å²) in [5, 5.41) is 10.8. The molecule has 1 aromatic carbocycles. The lowest BCUT2D eigenvalue weighted by atomic mass is 9.67. The van der Waals surface area contributed by atoms with Crippen molar-refractivity contribution in [1.29, 1.82) is 0 Å². The molecule has 11 heteroatoms. The molecule has 1 spiro atoms. The van der Waals surface area contributed by atoms with Crippen LogP contribution in [0.3, 0.4) is 0 Å². The molecule has 2 atom stereocenters. The minimum absolute atomic E-state index is 0.0998. The third kappa shape index (κ3) is 2.76. The molecule has 30 heavy (non-hydrogen) atoms. The molecule has 2 heterocycles. The second kappa shape index (κ2) is 6.87. The van der Waals surface area contributed by atoms with Crippen LogP contribution >= 0.6 is 0 Å². The molecule has 1 aliphatic carbocycles. The van der Waals surface area contributed by atoms with Crippen LogP contribution in [0.4, 0.5) is 5.69 Å². The van der Waals surface area contributed by atoms with E-state index in [4.69, 9.17) is 4.42 Å². The van der Waals surface area contributed by atoms with E-state index in [0.29, 0.717) is 6.42 Å². The summed E-state index contributed by atoms with van der Waals surface area (Å²) in [5.74, 6) is -3.11. The van der Waals surface area contributed by atoms with Gasteiger partial charge in [-0.2, -0.15) is 4.31 Å². The Hall–Kier alpha value is -3.34. The van der Waals surface area contributed by atoms with Gasteiger partial charge in [0, 0.05) is 30.9 Å². The fourth-order valence-electron chi connectivity index (χ4n) is 4.28. The third-order valence-corrected chi connectivity index (χ3v) is 7.43. The summed E-state index contributed by atoms with van der Waals surface area (Å²) in [4.78, 5) is 48.7. The van der Waals surface area contributed by atoms with Crippen molar-refractivity contribution in [3.8, 4) is 0 Å². The number of amides is 2. The molecule has 1 aromatic heterocycles. The minimum Gasteiger partial charge on any atom is -0.469 e. The van der Waals surface area contributed by atoms with E-state index in [0.717, 1.165) is 24.3 Å². The first kappa shape index (κ1) is 20.0. The standard InChI is InChI=1S/C19H16N2O8S/c22-16-4-1-9-19(16)14(15-3-2-10-29-15)11-17(23)20(18(19)24)30(27,28)13-7-5-12(6-8-13)21(25)26/h2-3,5-8,10,14H,1,4,9,11H2/t14-,19-/m0/s1. The summed E-state index contributed by atoms with van der Waals surface area (Å²) in [6.45, 7) is 0. The van der Waals surface area contributed by atoms with Crippen LogP contribution in [0.1, 0.15) is 37.4 Å². The number of hydrogen-bond donors (Lipinski definition) is 0. The number of furan rings is 1.